The van der Waals surface area contributed by atoms with E-state index >= 15 is 0 Å². The summed E-state index contributed by atoms with van der Waals surface area (Å²) in [5.41, 5.74) is 8.40. The number of aromatic nitrogens is 4. The van der Waals surface area contributed by atoms with Gasteiger partial charge in [0.15, 0.2) is 0 Å². The molecule has 0 unspecified atom stereocenters. The molecule has 0 fully saturated rings. The topological polar surface area (TPSA) is 171 Å². The molecule has 11 nitrogen and oxygen atoms in total. The minimum atomic E-state index is -3.69. The van der Waals surface area contributed by atoms with Crippen LogP contribution < -0.4 is 25.6 Å². The maximum absolute atomic E-state index is 10.9. The minimum absolute atomic E-state index is 0.0854. The van der Waals surface area contributed by atoms with Gasteiger partial charge in [0, 0.05) is 25.0 Å². The molecule has 0 aliphatic rings. The SMILES string of the molecule is CCc1cnc(NCc2cc(Oc3ccc(CCNS(N)(=O)=O)cc3)nc(N)n2)nc1. The number of nitrogens with two attached hydrogens (primary N) is 2. The maximum atomic E-state index is 10.9. The zero-order valence-corrected chi connectivity index (χ0v) is 17.8. The monoisotopic (exact) mass is 444 g/mol. The summed E-state index contributed by atoms with van der Waals surface area (Å²) in [5, 5.41) is 7.99. The van der Waals surface area contributed by atoms with E-state index < -0.39 is 10.2 Å². The van der Waals surface area contributed by atoms with Crippen molar-refractivity contribution in [1.82, 2.24) is 24.7 Å². The van der Waals surface area contributed by atoms with Gasteiger partial charge in [0.2, 0.25) is 17.8 Å². The average Bonchev–Trinajstić information content (AvgIpc) is 2.73. The molecule has 2 heterocycles. The Kier molecular flexibility index (Phi) is 7.28. The first-order valence-electron chi connectivity index (χ1n) is 9.53. The molecule has 0 saturated heterocycles. The highest BCUT2D eigenvalue weighted by Gasteiger charge is 2.07. The van der Waals surface area contributed by atoms with Gasteiger partial charge in [0.25, 0.3) is 10.2 Å². The lowest BCUT2D eigenvalue weighted by Crippen LogP contribution is -2.32. The van der Waals surface area contributed by atoms with Crippen molar-refractivity contribution in [2.75, 3.05) is 17.6 Å². The van der Waals surface area contributed by atoms with Crippen LogP contribution in [0.3, 0.4) is 0 Å². The maximum Gasteiger partial charge on any atom is 0.274 e. The fourth-order valence-corrected chi connectivity index (χ4v) is 3.00. The lowest BCUT2D eigenvalue weighted by Gasteiger charge is -2.09. The Balaban J connectivity index is 1.59. The van der Waals surface area contributed by atoms with Crippen LogP contribution in [-0.4, -0.2) is 34.9 Å². The molecule has 31 heavy (non-hydrogen) atoms. The number of nitrogen functional groups attached to an aromatic ring is 1. The number of benzene rings is 1. The van der Waals surface area contributed by atoms with Crippen molar-refractivity contribution >= 4 is 22.1 Å². The molecule has 3 rings (SSSR count). The number of hydrogen-bond donors (Lipinski definition) is 4. The smallest absolute Gasteiger partial charge is 0.274 e. The first kappa shape index (κ1) is 22.3. The van der Waals surface area contributed by atoms with Crippen LogP contribution in [0.5, 0.6) is 11.6 Å². The van der Waals surface area contributed by atoms with Gasteiger partial charge in [-0.1, -0.05) is 19.1 Å². The van der Waals surface area contributed by atoms with Gasteiger partial charge in [-0.05, 0) is 36.1 Å². The third kappa shape index (κ3) is 7.44. The highest BCUT2D eigenvalue weighted by molar-refractivity contribution is 7.87. The molecule has 164 valence electrons. The molecular weight excluding hydrogens is 420 g/mol. The molecule has 0 aliphatic heterocycles. The molecule has 0 atom stereocenters. The van der Waals surface area contributed by atoms with Crippen molar-refractivity contribution in [1.29, 1.82) is 0 Å². The third-order valence-corrected chi connectivity index (χ3v) is 4.78. The van der Waals surface area contributed by atoms with Gasteiger partial charge in [-0.15, -0.1) is 0 Å². The van der Waals surface area contributed by atoms with E-state index in [-0.39, 0.29) is 12.5 Å². The number of nitrogens with zero attached hydrogens (tertiary/aromatic N) is 4. The van der Waals surface area contributed by atoms with E-state index in [1.165, 1.54) is 0 Å². The molecule has 1 aromatic carbocycles. The molecule has 2 aromatic heterocycles. The Labute approximate surface area is 180 Å². The summed E-state index contributed by atoms with van der Waals surface area (Å²) < 4.78 is 29.8. The van der Waals surface area contributed by atoms with Gasteiger partial charge in [0.1, 0.15) is 5.75 Å². The summed E-state index contributed by atoms with van der Waals surface area (Å²) in [7, 11) is -3.69. The fraction of sp³-hybridized carbons (Fsp3) is 0.263. The van der Waals surface area contributed by atoms with Gasteiger partial charge in [-0.2, -0.15) is 13.4 Å². The van der Waals surface area contributed by atoms with Crippen molar-refractivity contribution in [2.24, 2.45) is 5.14 Å². The van der Waals surface area contributed by atoms with Crippen molar-refractivity contribution in [3.05, 3.63) is 59.5 Å². The van der Waals surface area contributed by atoms with Crippen LogP contribution in [0.1, 0.15) is 23.7 Å². The Hall–Kier alpha value is -3.35. The molecule has 0 radical (unpaired) electrons. The van der Waals surface area contributed by atoms with Crippen LogP contribution in [-0.2, 0) is 29.6 Å². The standard InChI is InChI=1S/C19H24N8O3S/c1-2-13-10-22-19(23-11-13)24-12-15-9-17(27-18(20)26-15)30-16-5-3-14(4-6-16)7-8-25-31(21,28)29/h3-6,9-11,25H,2,7-8,12H2,1H3,(H2,20,26,27)(H2,21,28,29)(H,22,23,24). The molecule has 0 amide bonds. The molecule has 0 bridgehead atoms. The number of nitrogens with one attached hydrogen (secondary N) is 2. The zero-order valence-electron chi connectivity index (χ0n) is 16.9. The van der Waals surface area contributed by atoms with Gasteiger partial charge >= 0.3 is 0 Å². The van der Waals surface area contributed by atoms with Gasteiger partial charge < -0.3 is 15.8 Å². The van der Waals surface area contributed by atoms with E-state index in [2.05, 4.69) is 30.0 Å². The van der Waals surface area contributed by atoms with Crippen molar-refractivity contribution < 1.29 is 13.2 Å². The molecule has 6 N–H and O–H groups in total. The highest BCUT2D eigenvalue weighted by atomic mass is 32.2. The Morgan fingerprint density at radius 3 is 2.42 bits per heavy atom. The largest absolute Gasteiger partial charge is 0.439 e. The van der Waals surface area contributed by atoms with E-state index in [1.807, 2.05) is 19.1 Å². The Bertz CT molecular complexity index is 1110. The molecule has 0 saturated carbocycles. The number of hydrogen-bond acceptors (Lipinski definition) is 9. The Morgan fingerprint density at radius 2 is 1.77 bits per heavy atom. The number of rotatable bonds is 10. The van der Waals surface area contributed by atoms with E-state index in [0.717, 1.165) is 17.5 Å². The lowest BCUT2D eigenvalue weighted by atomic mass is 10.1. The average molecular weight is 445 g/mol. The fourth-order valence-electron chi connectivity index (χ4n) is 2.62. The van der Waals surface area contributed by atoms with Gasteiger partial charge in [0.05, 0.1) is 12.2 Å². The quantitative estimate of drug-likeness (QED) is 0.358. The third-order valence-electron chi connectivity index (χ3n) is 4.18. The van der Waals surface area contributed by atoms with Crippen LogP contribution in [0.15, 0.2) is 42.7 Å². The highest BCUT2D eigenvalue weighted by Crippen LogP contribution is 2.21. The second kappa shape index (κ2) is 10.1. The summed E-state index contributed by atoms with van der Waals surface area (Å²) in [6.45, 7) is 2.60. The zero-order chi connectivity index (χ0) is 22.3. The summed E-state index contributed by atoms with van der Waals surface area (Å²) in [5.74, 6) is 1.43. The van der Waals surface area contributed by atoms with Gasteiger partial charge in [-0.3, -0.25) is 0 Å². The van der Waals surface area contributed by atoms with E-state index in [9.17, 15) is 8.42 Å². The van der Waals surface area contributed by atoms with Crippen molar-refractivity contribution in [3.8, 4) is 11.6 Å². The number of ether oxygens (including phenoxy) is 1. The summed E-state index contributed by atoms with van der Waals surface area (Å²) in [4.78, 5) is 16.8. The van der Waals surface area contributed by atoms with Crippen LogP contribution in [0.25, 0.3) is 0 Å². The Morgan fingerprint density at radius 1 is 1.06 bits per heavy atom. The second-order valence-electron chi connectivity index (χ2n) is 6.61. The molecule has 3 aromatic rings. The minimum Gasteiger partial charge on any atom is -0.439 e. The van der Waals surface area contributed by atoms with Crippen LogP contribution in [0.4, 0.5) is 11.9 Å². The van der Waals surface area contributed by atoms with Crippen LogP contribution in [0.2, 0.25) is 0 Å². The van der Waals surface area contributed by atoms with Crippen molar-refractivity contribution in [2.45, 2.75) is 26.3 Å². The molecular formula is C19H24N8O3S. The van der Waals surface area contributed by atoms with E-state index in [1.54, 1.807) is 30.6 Å². The predicted octanol–water partition coefficient (Wildman–Crippen LogP) is 1.15. The number of anilines is 2. The van der Waals surface area contributed by atoms with Gasteiger partial charge in [-0.25, -0.2) is 24.8 Å². The summed E-state index contributed by atoms with van der Waals surface area (Å²) in [6.07, 6.45) is 4.91. The molecule has 12 heteroatoms. The first-order chi connectivity index (χ1) is 14.8. The second-order valence-corrected chi connectivity index (χ2v) is 7.99. The summed E-state index contributed by atoms with van der Waals surface area (Å²) in [6, 6.07) is 8.83. The lowest BCUT2D eigenvalue weighted by molar-refractivity contribution is 0.461. The van der Waals surface area contributed by atoms with E-state index in [0.29, 0.717) is 36.2 Å². The number of aryl methyl sites for hydroxylation is 1. The van der Waals surface area contributed by atoms with E-state index in [4.69, 9.17) is 15.6 Å². The summed E-state index contributed by atoms with van der Waals surface area (Å²) >= 11 is 0. The normalized spacial score (nSPS) is 11.3. The van der Waals surface area contributed by atoms with Crippen LogP contribution >= 0.6 is 0 Å². The molecule has 0 spiro atoms. The molecule has 0 aliphatic carbocycles. The predicted molar refractivity (Wildman–Crippen MR) is 117 cm³/mol. The van der Waals surface area contributed by atoms with Crippen LogP contribution in [0, 0.1) is 0 Å². The van der Waals surface area contributed by atoms with Crippen molar-refractivity contribution in [3.63, 3.8) is 0 Å². The first-order valence-corrected chi connectivity index (χ1v) is 11.1.